The van der Waals surface area contributed by atoms with Crippen molar-refractivity contribution in [1.82, 2.24) is 20.4 Å². The minimum atomic E-state index is -0.509. The van der Waals surface area contributed by atoms with Crippen LogP contribution < -0.4 is 10.9 Å². The van der Waals surface area contributed by atoms with Crippen molar-refractivity contribution in [2.45, 2.75) is 6.92 Å². The Morgan fingerprint density at radius 1 is 1.07 bits per heavy atom. The third kappa shape index (κ3) is 3.93. The monoisotopic (exact) mass is 386 g/mol. The molecule has 0 aliphatic carbocycles. The number of benzene rings is 2. The number of aromatic nitrogens is 2. The molecule has 2 aromatic heterocycles. The number of imidazole rings is 1. The number of para-hydroxylation sites is 1. The summed E-state index contributed by atoms with van der Waals surface area (Å²) in [6.07, 6.45) is 8.28. The minimum absolute atomic E-state index is 0.172. The van der Waals surface area contributed by atoms with Crippen LogP contribution in [-0.4, -0.2) is 21.4 Å². The molecule has 0 aliphatic rings. The van der Waals surface area contributed by atoms with E-state index in [1.165, 1.54) is 6.08 Å². The first-order valence-corrected chi connectivity index (χ1v) is 8.97. The number of rotatable bonds is 4. The summed E-state index contributed by atoms with van der Waals surface area (Å²) in [5.41, 5.74) is 7.90. The predicted molar refractivity (Wildman–Crippen MR) is 109 cm³/mol. The van der Waals surface area contributed by atoms with Crippen LogP contribution in [0.25, 0.3) is 22.7 Å². The third-order valence-electron chi connectivity index (χ3n) is 4.47. The molecule has 29 heavy (non-hydrogen) atoms. The standard InChI is InChI=1S/C22H18N4O3/c1-15-18-4-2-3-5-19(18)29-21(15)22(28)25-24-20(27)11-8-16-6-9-17(10-7-16)26-13-12-23-14-26/h2-14H,1H3,(H,24,27)(H,25,28)/b11-8+. The number of nitrogens with one attached hydrogen (secondary N) is 2. The zero-order chi connectivity index (χ0) is 20.2. The highest BCUT2D eigenvalue weighted by molar-refractivity contribution is 6.00. The Hall–Kier alpha value is -4.13. The molecular weight excluding hydrogens is 368 g/mol. The van der Waals surface area contributed by atoms with Gasteiger partial charge >= 0.3 is 5.91 Å². The predicted octanol–water partition coefficient (Wildman–Crippen LogP) is 3.40. The summed E-state index contributed by atoms with van der Waals surface area (Å²) < 4.78 is 7.46. The van der Waals surface area contributed by atoms with E-state index >= 15 is 0 Å². The second kappa shape index (κ2) is 7.85. The van der Waals surface area contributed by atoms with Gasteiger partial charge in [0.05, 0.1) is 6.33 Å². The fourth-order valence-corrected chi connectivity index (χ4v) is 2.95. The Kier molecular flexibility index (Phi) is 4.94. The molecule has 0 fully saturated rings. The van der Waals surface area contributed by atoms with Gasteiger partial charge in [-0.3, -0.25) is 20.4 Å². The second-order valence-electron chi connectivity index (χ2n) is 6.39. The maximum atomic E-state index is 12.3. The molecule has 2 amide bonds. The molecule has 0 unspecified atom stereocenters. The number of aryl methyl sites for hydroxylation is 1. The summed E-state index contributed by atoms with van der Waals surface area (Å²) in [5, 5.41) is 0.864. The largest absolute Gasteiger partial charge is 0.451 e. The summed E-state index contributed by atoms with van der Waals surface area (Å²) in [5.74, 6) is -0.790. The van der Waals surface area contributed by atoms with E-state index < -0.39 is 11.8 Å². The maximum absolute atomic E-state index is 12.3. The summed E-state index contributed by atoms with van der Waals surface area (Å²) in [6, 6.07) is 15.0. The molecule has 0 radical (unpaired) electrons. The molecule has 0 bridgehead atoms. The Morgan fingerprint density at radius 2 is 1.86 bits per heavy atom. The third-order valence-corrected chi connectivity index (χ3v) is 4.47. The summed E-state index contributed by atoms with van der Waals surface area (Å²) in [7, 11) is 0. The van der Waals surface area contributed by atoms with E-state index in [0.717, 1.165) is 22.2 Å². The van der Waals surface area contributed by atoms with Gasteiger partial charge in [-0.15, -0.1) is 0 Å². The molecule has 2 aromatic carbocycles. The Labute approximate surface area is 166 Å². The molecule has 7 heteroatoms. The van der Waals surface area contributed by atoms with E-state index in [4.69, 9.17) is 4.42 Å². The molecule has 7 nitrogen and oxygen atoms in total. The lowest BCUT2D eigenvalue weighted by Gasteiger charge is -2.04. The average Bonchev–Trinajstić information content (AvgIpc) is 3.40. The van der Waals surface area contributed by atoms with Crippen molar-refractivity contribution in [3.05, 3.63) is 90.2 Å². The van der Waals surface area contributed by atoms with Gasteiger partial charge in [0.1, 0.15) is 5.58 Å². The number of hydrogen-bond acceptors (Lipinski definition) is 4. The molecule has 4 rings (SSSR count). The molecule has 2 N–H and O–H groups in total. The van der Waals surface area contributed by atoms with Crippen LogP contribution in [0, 0.1) is 6.92 Å². The number of carbonyl (C=O) groups is 2. The maximum Gasteiger partial charge on any atom is 0.305 e. The van der Waals surface area contributed by atoms with Crippen molar-refractivity contribution < 1.29 is 14.0 Å². The van der Waals surface area contributed by atoms with Crippen LogP contribution in [0.3, 0.4) is 0 Å². The Morgan fingerprint density at radius 3 is 2.59 bits per heavy atom. The number of amides is 2. The number of hydrazine groups is 1. The first-order chi connectivity index (χ1) is 14.1. The smallest absolute Gasteiger partial charge is 0.305 e. The van der Waals surface area contributed by atoms with E-state index in [-0.39, 0.29) is 5.76 Å². The average molecular weight is 386 g/mol. The molecule has 144 valence electrons. The highest BCUT2D eigenvalue weighted by Gasteiger charge is 2.17. The van der Waals surface area contributed by atoms with Gasteiger partial charge in [-0.2, -0.15) is 0 Å². The van der Waals surface area contributed by atoms with Crippen LogP contribution >= 0.6 is 0 Å². The first kappa shape index (κ1) is 18.2. The SMILES string of the molecule is Cc1c(C(=O)NNC(=O)/C=C/c2ccc(-n3ccnc3)cc2)oc2ccccc12. The Balaban J connectivity index is 1.35. The molecule has 0 spiro atoms. The van der Waals surface area contributed by atoms with E-state index in [9.17, 15) is 9.59 Å². The number of fused-ring (bicyclic) bond motifs is 1. The van der Waals surface area contributed by atoms with Gasteiger partial charge in [0.15, 0.2) is 5.76 Å². The quantitative estimate of drug-likeness (QED) is 0.416. The van der Waals surface area contributed by atoms with Crippen LogP contribution in [0.4, 0.5) is 0 Å². The van der Waals surface area contributed by atoms with Gasteiger partial charge in [-0.05, 0) is 36.8 Å². The van der Waals surface area contributed by atoms with Crippen molar-refractivity contribution in [3.63, 3.8) is 0 Å². The van der Waals surface area contributed by atoms with Gasteiger partial charge in [-0.25, -0.2) is 4.98 Å². The highest BCUT2D eigenvalue weighted by atomic mass is 16.3. The number of carbonyl (C=O) groups excluding carboxylic acids is 2. The lowest BCUT2D eigenvalue weighted by atomic mass is 10.1. The molecule has 0 atom stereocenters. The normalized spacial score (nSPS) is 11.1. The summed E-state index contributed by atoms with van der Waals surface area (Å²) in [4.78, 5) is 28.3. The van der Waals surface area contributed by atoms with Crippen molar-refractivity contribution in [3.8, 4) is 5.69 Å². The minimum Gasteiger partial charge on any atom is -0.451 e. The number of hydrogen-bond donors (Lipinski definition) is 2. The van der Waals surface area contributed by atoms with Gasteiger partial charge in [0.2, 0.25) is 0 Å². The molecule has 0 saturated heterocycles. The Bertz CT molecular complexity index is 1190. The lowest BCUT2D eigenvalue weighted by Crippen LogP contribution is -2.40. The summed E-state index contributed by atoms with van der Waals surface area (Å²) in [6.45, 7) is 1.80. The van der Waals surface area contributed by atoms with Gasteiger partial charge in [0, 0.05) is 35.1 Å². The van der Waals surface area contributed by atoms with E-state index in [0.29, 0.717) is 5.58 Å². The van der Waals surface area contributed by atoms with Gasteiger partial charge < -0.3 is 8.98 Å². The van der Waals surface area contributed by atoms with Crippen LogP contribution in [0.5, 0.6) is 0 Å². The van der Waals surface area contributed by atoms with Gasteiger partial charge in [0.25, 0.3) is 5.91 Å². The first-order valence-electron chi connectivity index (χ1n) is 8.97. The molecule has 4 aromatic rings. The fraction of sp³-hybridized carbons (Fsp3) is 0.0455. The second-order valence-corrected chi connectivity index (χ2v) is 6.39. The van der Waals surface area contributed by atoms with E-state index in [1.807, 2.05) is 53.2 Å². The number of nitrogens with zero attached hydrogens (tertiary/aromatic N) is 2. The van der Waals surface area contributed by atoms with Gasteiger partial charge in [-0.1, -0.05) is 30.3 Å². The lowest BCUT2D eigenvalue weighted by molar-refractivity contribution is -0.117. The van der Waals surface area contributed by atoms with Crippen molar-refractivity contribution in [1.29, 1.82) is 0 Å². The van der Waals surface area contributed by atoms with E-state index in [1.54, 1.807) is 31.6 Å². The summed E-state index contributed by atoms with van der Waals surface area (Å²) >= 11 is 0. The zero-order valence-corrected chi connectivity index (χ0v) is 15.6. The number of furan rings is 1. The fourth-order valence-electron chi connectivity index (χ4n) is 2.95. The van der Waals surface area contributed by atoms with Crippen LogP contribution in [0.2, 0.25) is 0 Å². The molecule has 0 aliphatic heterocycles. The molecular formula is C22H18N4O3. The van der Waals surface area contributed by atoms with Crippen LogP contribution in [-0.2, 0) is 4.79 Å². The topological polar surface area (TPSA) is 89.2 Å². The van der Waals surface area contributed by atoms with Crippen LogP contribution in [0.1, 0.15) is 21.7 Å². The zero-order valence-electron chi connectivity index (χ0n) is 15.6. The van der Waals surface area contributed by atoms with Crippen LogP contribution in [0.15, 0.2) is 77.7 Å². The van der Waals surface area contributed by atoms with Crippen molar-refractivity contribution in [2.24, 2.45) is 0 Å². The van der Waals surface area contributed by atoms with Crippen molar-refractivity contribution in [2.75, 3.05) is 0 Å². The molecule has 0 saturated carbocycles. The van der Waals surface area contributed by atoms with Crippen molar-refractivity contribution >= 4 is 28.9 Å². The molecule has 2 heterocycles. The van der Waals surface area contributed by atoms with E-state index in [2.05, 4.69) is 15.8 Å². The highest BCUT2D eigenvalue weighted by Crippen LogP contribution is 2.24.